The molecular weight excluding hydrogens is 230 g/mol. The molecule has 0 spiro atoms. The van der Waals surface area contributed by atoms with Crippen LogP contribution in [0.25, 0.3) is 0 Å². The van der Waals surface area contributed by atoms with Gasteiger partial charge in [-0.1, -0.05) is 77.5 Å². The first-order valence-electron chi connectivity index (χ1n) is 8.12. The lowest BCUT2D eigenvalue weighted by Crippen LogP contribution is -1.98. The van der Waals surface area contributed by atoms with Gasteiger partial charge in [0, 0.05) is 18.6 Å². The molecular formula is C18H33N. The van der Waals surface area contributed by atoms with E-state index in [1.54, 1.807) is 0 Å². The van der Waals surface area contributed by atoms with Crippen molar-refractivity contribution >= 4 is 0 Å². The molecule has 0 radical (unpaired) electrons. The van der Waals surface area contributed by atoms with E-state index in [0.717, 1.165) is 0 Å². The van der Waals surface area contributed by atoms with Gasteiger partial charge < -0.3 is 4.90 Å². The minimum absolute atomic E-state index is 1.18. The van der Waals surface area contributed by atoms with Crippen molar-refractivity contribution in [3.05, 3.63) is 36.8 Å². The minimum Gasteiger partial charge on any atom is -0.332 e. The zero-order valence-corrected chi connectivity index (χ0v) is 13.3. The van der Waals surface area contributed by atoms with Crippen LogP contribution in [0.5, 0.6) is 0 Å². The van der Waals surface area contributed by atoms with Gasteiger partial charge in [-0.05, 0) is 19.3 Å². The Bertz CT molecular complexity index is 208. The predicted octanol–water partition coefficient (Wildman–Crippen LogP) is 6.40. The van der Waals surface area contributed by atoms with E-state index in [0.29, 0.717) is 0 Å². The highest BCUT2D eigenvalue weighted by Crippen LogP contribution is 2.03. The lowest BCUT2D eigenvalue weighted by atomic mass is 10.2. The second-order valence-corrected chi connectivity index (χ2v) is 5.03. The third-order valence-electron chi connectivity index (χ3n) is 3.01. The second-order valence-electron chi connectivity index (χ2n) is 5.03. The Morgan fingerprint density at radius 2 is 0.895 bits per heavy atom. The molecule has 0 aliphatic carbocycles. The van der Waals surface area contributed by atoms with Crippen LogP contribution in [0.3, 0.4) is 0 Å². The Labute approximate surface area is 121 Å². The van der Waals surface area contributed by atoms with Crippen molar-refractivity contribution in [2.45, 2.75) is 78.6 Å². The molecule has 0 amide bonds. The van der Waals surface area contributed by atoms with E-state index in [-0.39, 0.29) is 0 Å². The first-order valence-corrected chi connectivity index (χ1v) is 8.12. The summed E-state index contributed by atoms with van der Waals surface area (Å²) in [5, 5.41) is 0. The molecule has 0 fully saturated rings. The van der Waals surface area contributed by atoms with Gasteiger partial charge in [0.05, 0.1) is 0 Å². The van der Waals surface area contributed by atoms with Crippen molar-refractivity contribution in [1.82, 2.24) is 4.90 Å². The molecule has 0 unspecified atom stereocenters. The molecule has 0 saturated carbocycles. The molecule has 0 aromatic carbocycles. The van der Waals surface area contributed by atoms with Crippen molar-refractivity contribution < 1.29 is 0 Å². The van der Waals surface area contributed by atoms with Gasteiger partial charge in [-0.2, -0.15) is 0 Å². The topological polar surface area (TPSA) is 3.24 Å². The maximum Gasteiger partial charge on any atom is 0.00417 e. The van der Waals surface area contributed by atoms with Crippen LogP contribution in [-0.4, -0.2) is 4.90 Å². The van der Waals surface area contributed by atoms with Crippen molar-refractivity contribution in [2.75, 3.05) is 0 Å². The standard InChI is InChI=1S/C18H33N/c1-4-7-10-13-16-19(17-14-11-8-5-2)18-15-12-9-6-3/h13-18H,4-12H2,1-3H3/b16-13+,17-14+,18-15+. The summed E-state index contributed by atoms with van der Waals surface area (Å²) in [5.74, 6) is 0. The number of allylic oxidation sites excluding steroid dienone is 3. The molecule has 110 valence electrons. The van der Waals surface area contributed by atoms with Gasteiger partial charge in [-0.3, -0.25) is 0 Å². The van der Waals surface area contributed by atoms with Gasteiger partial charge >= 0.3 is 0 Å². The lowest BCUT2D eigenvalue weighted by molar-refractivity contribution is 0.667. The van der Waals surface area contributed by atoms with Gasteiger partial charge in [-0.25, -0.2) is 0 Å². The Hall–Kier alpha value is -0.980. The van der Waals surface area contributed by atoms with E-state index in [1.807, 2.05) is 0 Å². The van der Waals surface area contributed by atoms with E-state index in [1.165, 1.54) is 57.8 Å². The van der Waals surface area contributed by atoms with Crippen molar-refractivity contribution in [3.63, 3.8) is 0 Å². The Balaban J connectivity index is 4.16. The molecule has 0 saturated heterocycles. The summed E-state index contributed by atoms with van der Waals surface area (Å²) in [6, 6.07) is 0. The first-order chi connectivity index (χ1) is 9.35. The summed E-state index contributed by atoms with van der Waals surface area (Å²) in [6.45, 7) is 6.71. The summed E-state index contributed by atoms with van der Waals surface area (Å²) < 4.78 is 0. The average Bonchev–Trinajstić information content (AvgIpc) is 2.43. The molecule has 19 heavy (non-hydrogen) atoms. The van der Waals surface area contributed by atoms with Crippen LogP contribution in [0.15, 0.2) is 36.8 Å². The number of hydrogen-bond acceptors (Lipinski definition) is 1. The van der Waals surface area contributed by atoms with E-state index in [2.05, 4.69) is 62.5 Å². The molecule has 0 heterocycles. The normalized spacial score (nSPS) is 12.2. The van der Waals surface area contributed by atoms with Crippen molar-refractivity contribution in [3.8, 4) is 0 Å². The van der Waals surface area contributed by atoms with Crippen LogP contribution in [0, 0.1) is 0 Å². The van der Waals surface area contributed by atoms with Crippen LogP contribution in [0.1, 0.15) is 78.6 Å². The van der Waals surface area contributed by atoms with Gasteiger partial charge in [0.1, 0.15) is 0 Å². The zero-order chi connectivity index (χ0) is 14.2. The summed E-state index contributed by atoms with van der Waals surface area (Å²) in [6.07, 6.45) is 24.6. The third kappa shape index (κ3) is 13.3. The molecule has 1 nitrogen and oxygen atoms in total. The number of rotatable bonds is 12. The number of nitrogens with zero attached hydrogens (tertiary/aromatic N) is 1. The van der Waals surface area contributed by atoms with Crippen LogP contribution < -0.4 is 0 Å². The smallest absolute Gasteiger partial charge is 0.00417 e. The highest BCUT2D eigenvalue weighted by Gasteiger charge is 1.88. The monoisotopic (exact) mass is 263 g/mol. The zero-order valence-electron chi connectivity index (χ0n) is 13.3. The minimum atomic E-state index is 1.18. The van der Waals surface area contributed by atoms with Crippen LogP contribution in [0.4, 0.5) is 0 Å². The molecule has 0 aliphatic heterocycles. The Morgan fingerprint density at radius 3 is 1.16 bits per heavy atom. The summed E-state index contributed by atoms with van der Waals surface area (Å²) in [7, 11) is 0. The van der Waals surface area contributed by atoms with E-state index in [4.69, 9.17) is 0 Å². The van der Waals surface area contributed by atoms with Crippen molar-refractivity contribution in [2.24, 2.45) is 0 Å². The Kier molecular flexibility index (Phi) is 14.3. The molecule has 0 aromatic heterocycles. The van der Waals surface area contributed by atoms with Gasteiger partial charge in [0.2, 0.25) is 0 Å². The van der Waals surface area contributed by atoms with Crippen LogP contribution in [-0.2, 0) is 0 Å². The summed E-state index contributed by atoms with van der Waals surface area (Å²) in [5.41, 5.74) is 0. The van der Waals surface area contributed by atoms with Gasteiger partial charge in [-0.15, -0.1) is 0 Å². The molecule has 0 bridgehead atoms. The SMILES string of the molecule is CCCC/C=C/N(/C=C/CCCC)/C=C/CCCC. The van der Waals surface area contributed by atoms with Crippen LogP contribution >= 0.6 is 0 Å². The summed E-state index contributed by atoms with van der Waals surface area (Å²) in [4.78, 5) is 2.20. The fourth-order valence-corrected chi connectivity index (χ4v) is 1.70. The summed E-state index contributed by atoms with van der Waals surface area (Å²) >= 11 is 0. The maximum absolute atomic E-state index is 2.28. The highest BCUT2D eigenvalue weighted by molar-refractivity contribution is 4.99. The van der Waals surface area contributed by atoms with Crippen molar-refractivity contribution in [1.29, 1.82) is 0 Å². The quantitative estimate of drug-likeness (QED) is 0.368. The van der Waals surface area contributed by atoms with Gasteiger partial charge in [0.15, 0.2) is 0 Å². The third-order valence-corrected chi connectivity index (χ3v) is 3.01. The number of hydrogen-bond donors (Lipinski definition) is 0. The predicted molar refractivity (Wildman–Crippen MR) is 87.8 cm³/mol. The fraction of sp³-hybridized carbons (Fsp3) is 0.667. The van der Waals surface area contributed by atoms with Crippen LogP contribution in [0.2, 0.25) is 0 Å². The lowest BCUT2D eigenvalue weighted by Gasteiger charge is -2.09. The van der Waals surface area contributed by atoms with E-state index in [9.17, 15) is 0 Å². The van der Waals surface area contributed by atoms with Gasteiger partial charge in [0.25, 0.3) is 0 Å². The molecule has 0 aliphatic rings. The second kappa shape index (κ2) is 15.1. The fourth-order valence-electron chi connectivity index (χ4n) is 1.70. The van der Waals surface area contributed by atoms with E-state index < -0.39 is 0 Å². The molecule has 1 heteroatoms. The maximum atomic E-state index is 2.28. The Morgan fingerprint density at radius 1 is 0.579 bits per heavy atom. The molecule has 0 rings (SSSR count). The first kappa shape index (κ1) is 18.0. The molecule has 0 N–H and O–H groups in total. The highest BCUT2D eigenvalue weighted by atomic mass is 15.1. The number of unbranched alkanes of at least 4 members (excludes halogenated alkanes) is 6. The average molecular weight is 263 g/mol. The molecule has 0 aromatic rings. The largest absolute Gasteiger partial charge is 0.332 e. The van der Waals surface area contributed by atoms with E-state index >= 15 is 0 Å². The molecule has 0 atom stereocenters.